The lowest BCUT2D eigenvalue weighted by atomic mass is 9.96. The molecule has 0 aromatic heterocycles. The predicted molar refractivity (Wildman–Crippen MR) is 220 cm³/mol. The summed E-state index contributed by atoms with van der Waals surface area (Å²) in [7, 11) is 4.27. The van der Waals surface area contributed by atoms with Gasteiger partial charge in [-0.2, -0.15) is 0 Å². The van der Waals surface area contributed by atoms with Crippen molar-refractivity contribution < 1.29 is 43.0 Å². The predicted octanol–water partition coefficient (Wildman–Crippen LogP) is 2.39. The highest BCUT2D eigenvalue weighted by Gasteiger charge is 2.27. The van der Waals surface area contributed by atoms with Crippen molar-refractivity contribution in [3.05, 3.63) is 88.0 Å². The molecule has 0 saturated carbocycles. The number of benzene rings is 3. The molecule has 0 unspecified atom stereocenters. The molecule has 15 heteroatoms. The maximum absolute atomic E-state index is 13.8. The summed E-state index contributed by atoms with van der Waals surface area (Å²) in [6, 6.07) is 11.9. The number of methoxy groups -OCH3 is 3. The molecule has 314 valence electrons. The van der Waals surface area contributed by atoms with Crippen LogP contribution in [0.4, 0.5) is 0 Å². The molecule has 0 radical (unpaired) electrons. The molecule has 0 saturated heterocycles. The van der Waals surface area contributed by atoms with E-state index in [1.165, 1.54) is 34.3 Å². The number of ether oxygens (including phenoxy) is 3. The van der Waals surface area contributed by atoms with Gasteiger partial charge in [0.05, 0.1) is 56.1 Å². The van der Waals surface area contributed by atoms with Gasteiger partial charge in [0.1, 0.15) is 17.2 Å². The SMILES string of the molecule is COc1ccc(CC(=O)[C@H](CCCN)NC(=O)c2cc(CC(=O)[C@H](CCCN)NC(=O)c3cc(CC(=O)[C@@H](N)CCCN)ccc3OC)ccc2OC)cc1C(C)=O. The van der Waals surface area contributed by atoms with Crippen molar-refractivity contribution in [1.29, 1.82) is 0 Å². The lowest BCUT2D eigenvalue weighted by Crippen LogP contribution is -2.42. The Balaban J connectivity index is 1.82. The molecule has 0 aliphatic carbocycles. The number of nitrogens with two attached hydrogens (primary N) is 4. The van der Waals surface area contributed by atoms with Gasteiger partial charge in [0, 0.05) is 19.3 Å². The van der Waals surface area contributed by atoms with Crippen LogP contribution in [0, 0.1) is 0 Å². The Kier molecular flexibility index (Phi) is 19.1. The van der Waals surface area contributed by atoms with E-state index in [9.17, 15) is 28.8 Å². The van der Waals surface area contributed by atoms with Gasteiger partial charge >= 0.3 is 0 Å². The number of carbonyl (C=O) groups is 6. The summed E-state index contributed by atoms with van der Waals surface area (Å²) in [6.45, 7) is 2.40. The lowest BCUT2D eigenvalue weighted by molar-refractivity contribution is -0.121. The van der Waals surface area contributed by atoms with Crippen molar-refractivity contribution in [3.63, 3.8) is 0 Å². The summed E-state index contributed by atoms with van der Waals surface area (Å²) in [4.78, 5) is 79.8. The fourth-order valence-corrected chi connectivity index (χ4v) is 6.45. The van der Waals surface area contributed by atoms with E-state index < -0.39 is 29.9 Å². The Hall–Kier alpha value is -5.48. The minimum Gasteiger partial charge on any atom is -0.496 e. The van der Waals surface area contributed by atoms with Crippen LogP contribution in [0.3, 0.4) is 0 Å². The quantitative estimate of drug-likeness (QED) is 0.0639. The smallest absolute Gasteiger partial charge is 0.255 e. The van der Waals surface area contributed by atoms with Crippen LogP contribution >= 0.6 is 0 Å². The van der Waals surface area contributed by atoms with E-state index in [1.54, 1.807) is 48.5 Å². The summed E-state index contributed by atoms with van der Waals surface area (Å²) < 4.78 is 16.2. The summed E-state index contributed by atoms with van der Waals surface area (Å²) in [6.07, 6.45) is 2.26. The number of hydrogen-bond acceptors (Lipinski definition) is 13. The summed E-state index contributed by atoms with van der Waals surface area (Å²) in [5, 5.41) is 5.65. The Morgan fingerprint density at radius 1 is 0.534 bits per heavy atom. The number of Topliss-reactive ketones (excluding diaryl/α,β-unsaturated/α-hetero) is 4. The van der Waals surface area contributed by atoms with Gasteiger partial charge in [-0.15, -0.1) is 0 Å². The first-order valence-electron chi connectivity index (χ1n) is 19.4. The second-order valence-electron chi connectivity index (χ2n) is 14.0. The minimum atomic E-state index is -0.949. The van der Waals surface area contributed by atoms with Crippen LogP contribution in [0.1, 0.15) is 93.2 Å². The molecule has 0 heterocycles. The number of ketones is 4. The molecule has 3 aromatic rings. The molecule has 3 atom stereocenters. The van der Waals surface area contributed by atoms with Crippen molar-refractivity contribution in [2.24, 2.45) is 22.9 Å². The molecule has 0 aliphatic heterocycles. The number of hydrogen-bond donors (Lipinski definition) is 6. The second kappa shape index (κ2) is 23.7. The van der Waals surface area contributed by atoms with Crippen LogP contribution in [0.2, 0.25) is 0 Å². The zero-order chi connectivity index (χ0) is 42.8. The first-order chi connectivity index (χ1) is 27.8. The Morgan fingerprint density at radius 3 is 1.24 bits per heavy atom. The van der Waals surface area contributed by atoms with E-state index >= 15 is 0 Å². The van der Waals surface area contributed by atoms with E-state index in [1.807, 2.05) is 0 Å². The number of nitrogens with one attached hydrogen (secondary N) is 2. The van der Waals surface area contributed by atoms with Gasteiger partial charge in [0.2, 0.25) is 0 Å². The molecule has 0 bridgehead atoms. The first-order valence-corrected chi connectivity index (χ1v) is 19.4. The van der Waals surface area contributed by atoms with Crippen molar-refractivity contribution in [2.45, 2.75) is 82.8 Å². The first kappa shape index (κ1) is 46.9. The van der Waals surface area contributed by atoms with Crippen LogP contribution in [-0.4, -0.2) is 94.0 Å². The van der Waals surface area contributed by atoms with Gasteiger partial charge in [-0.25, -0.2) is 0 Å². The third-order valence-corrected chi connectivity index (χ3v) is 9.71. The molecule has 3 rings (SSSR count). The maximum Gasteiger partial charge on any atom is 0.255 e. The van der Waals surface area contributed by atoms with Crippen molar-refractivity contribution in [3.8, 4) is 17.2 Å². The van der Waals surface area contributed by atoms with Gasteiger partial charge < -0.3 is 47.8 Å². The molecular weight excluding hydrogens is 745 g/mol. The van der Waals surface area contributed by atoms with Gasteiger partial charge in [-0.1, -0.05) is 18.2 Å². The molecule has 10 N–H and O–H groups in total. The third-order valence-electron chi connectivity index (χ3n) is 9.71. The molecule has 58 heavy (non-hydrogen) atoms. The lowest BCUT2D eigenvalue weighted by Gasteiger charge is -2.20. The highest BCUT2D eigenvalue weighted by molar-refractivity contribution is 6.02. The fourth-order valence-electron chi connectivity index (χ4n) is 6.45. The third kappa shape index (κ3) is 13.6. The second-order valence-corrected chi connectivity index (χ2v) is 14.0. The number of carbonyl (C=O) groups excluding carboxylic acids is 6. The van der Waals surface area contributed by atoms with Crippen molar-refractivity contribution >= 4 is 34.9 Å². The van der Waals surface area contributed by atoms with Gasteiger partial charge in [-0.05, 0) is 118 Å². The average molecular weight is 803 g/mol. The summed E-state index contributed by atoms with van der Waals surface area (Å²) in [5.74, 6) is -1.34. The molecule has 0 spiro atoms. The Morgan fingerprint density at radius 2 is 0.879 bits per heavy atom. The molecule has 0 fully saturated rings. The number of rotatable bonds is 26. The van der Waals surface area contributed by atoms with E-state index in [0.29, 0.717) is 66.8 Å². The molecular formula is C43H58N6O9. The van der Waals surface area contributed by atoms with E-state index in [4.69, 9.17) is 37.1 Å². The van der Waals surface area contributed by atoms with Gasteiger partial charge in [-0.3, -0.25) is 28.8 Å². The van der Waals surface area contributed by atoms with Crippen LogP contribution in [0.5, 0.6) is 17.2 Å². The normalized spacial score (nSPS) is 12.5. The minimum absolute atomic E-state index is 0.00544. The zero-order valence-corrected chi connectivity index (χ0v) is 33.9. The van der Waals surface area contributed by atoms with Crippen LogP contribution in [0.25, 0.3) is 0 Å². The Bertz CT molecular complexity index is 1920. The van der Waals surface area contributed by atoms with E-state index in [0.717, 1.165) is 0 Å². The monoisotopic (exact) mass is 802 g/mol. The van der Waals surface area contributed by atoms with Crippen molar-refractivity contribution in [1.82, 2.24) is 10.6 Å². The topological polar surface area (TPSA) is 258 Å². The van der Waals surface area contributed by atoms with Crippen LogP contribution in [-0.2, 0) is 33.6 Å². The van der Waals surface area contributed by atoms with Crippen LogP contribution in [0.15, 0.2) is 54.6 Å². The van der Waals surface area contributed by atoms with Crippen molar-refractivity contribution in [2.75, 3.05) is 41.0 Å². The van der Waals surface area contributed by atoms with Gasteiger partial charge in [0.25, 0.3) is 11.8 Å². The molecule has 15 nitrogen and oxygen atoms in total. The zero-order valence-electron chi connectivity index (χ0n) is 33.9. The van der Waals surface area contributed by atoms with E-state index in [-0.39, 0.29) is 84.4 Å². The van der Waals surface area contributed by atoms with E-state index in [2.05, 4.69) is 10.6 Å². The van der Waals surface area contributed by atoms with Crippen LogP contribution < -0.4 is 47.8 Å². The number of amides is 2. The van der Waals surface area contributed by atoms with Gasteiger partial charge in [0.15, 0.2) is 23.1 Å². The maximum atomic E-state index is 13.8. The highest BCUT2D eigenvalue weighted by Crippen LogP contribution is 2.25. The summed E-state index contributed by atoms with van der Waals surface area (Å²) in [5.41, 5.74) is 25.3. The fraction of sp³-hybridized carbons (Fsp3) is 0.442. The average Bonchev–Trinajstić information content (AvgIpc) is 3.22. The standard InChI is InChI=1S/C43H58N6O9/c1-26(50)30-20-27(11-14-39(30)56-2)24-37(52)34(9-6-18-45)48-43(55)32-22-29(13-16-41(32)58-4)25-38(53)35(10-7-19-46)49-42(54)31-21-28(12-15-40(31)57-3)23-36(51)33(47)8-5-17-44/h11-16,20-22,33-35H,5-10,17-19,23-25,44-47H2,1-4H3,(H,48,55)(H,49,54)/t33-,34-,35-/m0/s1. The summed E-state index contributed by atoms with van der Waals surface area (Å²) >= 11 is 0. The molecule has 0 aliphatic rings. The highest BCUT2D eigenvalue weighted by atomic mass is 16.5. The largest absolute Gasteiger partial charge is 0.496 e. The molecule has 3 aromatic carbocycles. The Labute approximate surface area is 339 Å². The molecule has 2 amide bonds.